The highest BCUT2D eigenvalue weighted by Crippen LogP contribution is 2.27. The molecule has 1 aromatic carbocycles. The fourth-order valence-corrected chi connectivity index (χ4v) is 1.55. The fraction of sp³-hybridized carbons (Fsp3) is 0.333. The molecule has 0 fully saturated rings. The molecule has 1 N–H and O–H groups in total. The number of Topliss-reactive ketones (excluding diaryl/α,β-unsaturated/α-hetero) is 1. The van der Waals surface area contributed by atoms with Crippen LogP contribution < -0.4 is 10.1 Å². The highest BCUT2D eigenvalue weighted by Gasteiger charge is 2.28. The van der Waals surface area contributed by atoms with Gasteiger partial charge in [0.25, 0.3) is 11.7 Å². The standard InChI is InChI=1S/C12H13NO3/c1-2-3-6-16-8-4-5-10-9(7-8)11(14)12(15)13-10/h4-5,7H,2-3,6H2,1H3,(H,13,14,15). The monoisotopic (exact) mass is 219 g/mol. The number of rotatable bonds is 4. The molecule has 0 radical (unpaired) electrons. The van der Waals surface area contributed by atoms with Gasteiger partial charge in [0.1, 0.15) is 5.75 Å². The van der Waals surface area contributed by atoms with E-state index in [0.29, 0.717) is 23.6 Å². The van der Waals surface area contributed by atoms with Gasteiger partial charge in [0, 0.05) is 0 Å². The first-order valence-corrected chi connectivity index (χ1v) is 5.35. The Morgan fingerprint density at radius 1 is 1.31 bits per heavy atom. The predicted molar refractivity (Wildman–Crippen MR) is 59.8 cm³/mol. The molecule has 2 rings (SSSR count). The summed E-state index contributed by atoms with van der Waals surface area (Å²) in [6, 6.07) is 5.07. The first-order chi connectivity index (χ1) is 7.72. The highest BCUT2D eigenvalue weighted by atomic mass is 16.5. The van der Waals surface area contributed by atoms with Gasteiger partial charge >= 0.3 is 0 Å². The van der Waals surface area contributed by atoms with E-state index < -0.39 is 11.7 Å². The fourth-order valence-electron chi connectivity index (χ4n) is 1.55. The van der Waals surface area contributed by atoms with E-state index in [1.165, 1.54) is 0 Å². The molecule has 1 heterocycles. The van der Waals surface area contributed by atoms with Gasteiger partial charge in [-0.2, -0.15) is 0 Å². The largest absolute Gasteiger partial charge is 0.494 e. The van der Waals surface area contributed by atoms with E-state index in [0.717, 1.165) is 12.8 Å². The third-order valence-corrected chi connectivity index (χ3v) is 2.46. The molecule has 0 saturated carbocycles. The molecule has 0 spiro atoms. The van der Waals surface area contributed by atoms with Gasteiger partial charge in [0.2, 0.25) is 0 Å². The number of unbranched alkanes of at least 4 members (excludes halogenated alkanes) is 1. The van der Waals surface area contributed by atoms with Crippen LogP contribution in [0.15, 0.2) is 18.2 Å². The summed E-state index contributed by atoms with van der Waals surface area (Å²) in [7, 11) is 0. The van der Waals surface area contributed by atoms with Crippen LogP contribution in [0.4, 0.5) is 5.69 Å². The van der Waals surface area contributed by atoms with Gasteiger partial charge in [-0.05, 0) is 24.6 Å². The minimum absolute atomic E-state index is 0.402. The number of amides is 1. The number of hydrogen-bond acceptors (Lipinski definition) is 3. The lowest BCUT2D eigenvalue weighted by atomic mass is 10.1. The van der Waals surface area contributed by atoms with Crippen molar-refractivity contribution in [3.05, 3.63) is 23.8 Å². The number of anilines is 1. The van der Waals surface area contributed by atoms with Crippen molar-refractivity contribution in [2.75, 3.05) is 11.9 Å². The average Bonchev–Trinajstić information content (AvgIpc) is 2.56. The molecule has 0 unspecified atom stereocenters. The molecule has 0 saturated heterocycles. The van der Waals surface area contributed by atoms with Crippen LogP contribution in [0.5, 0.6) is 5.75 Å². The van der Waals surface area contributed by atoms with E-state index in [9.17, 15) is 9.59 Å². The molecule has 1 aromatic rings. The van der Waals surface area contributed by atoms with Crippen LogP contribution >= 0.6 is 0 Å². The third kappa shape index (κ3) is 1.91. The average molecular weight is 219 g/mol. The van der Waals surface area contributed by atoms with Crippen LogP contribution in [0.3, 0.4) is 0 Å². The second-order valence-corrected chi connectivity index (χ2v) is 3.69. The van der Waals surface area contributed by atoms with Gasteiger partial charge in [-0.15, -0.1) is 0 Å². The lowest BCUT2D eigenvalue weighted by Crippen LogP contribution is -2.12. The number of ketones is 1. The topological polar surface area (TPSA) is 55.4 Å². The van der Waals surface area contributed by atoms with Crippen LogP contribution in [-0.4, -0.2) is 18.3 Å². The molecule has 4 heteroatoms. The summed E-state index contributed by atoms with van der Waals surface area (Å²) in [5.41, 5.74) is 0.969. The maximum absolute atomic E-state index is 11.4. The summed E-state index contributed by atoms with van der Waals surface area (Å²) in [4.78, 5) is 22.5. The number of hydrogen-bond donors (Lipinski definition) is 1. The molecule has 16 heavy (non-hydrogen) atoms. The SMILES string of the molecule is CCCCOc1ccc2c(c1)C(=O)C(=O)N2. The summed E-state index contributed by atoms with van der Waals surface area (Å²) in [5, 5.41) is 2.50. The minimum Gasteiger partial charge on any atom is -0.494 e. The Morgan fingerprint density at radius 2 is 2.12 bits per heavy atom. The van der Waals surface area contributed by atoms with Gasteiger partial charge in [-0.25, -0.2) is 0 Å². The van der Waals surface area contributed by atoms with Crippen LogP contribution in [0.1, 0.15) is 30.1 Å². The molecule has 1 aliphatic heterocycles. The predicted octanol–water partition coefficient (Wildman–Crippen LogP) is 2.00. The van der Waals surface area contributed by atoms with Gasteiger partial charge < -0.3 is 10.1 Å². The van der Waals surface area contributed by atoms with E-state index >= 15 is 0 Å². The number of benzene rings is 1. The normalized spacial score (nSPS) is 13.6. The number of nitrogens with one attached hydrogen (secondary N) is 1. The van der Waals surface area contributed by atoms with E-state index in [-0.39, 0.29) is 0 Å². The van der Waals surface area contributed by atoms with Crippen molar-refractivity contribution in [3.8, 4) is 5.75 Å². The zero-order chi connectivity index (χ0) is 11.5. The molecule has 0 aromatic heterocycles. The molecule has 1 amide bonds. The lowest BCUT2D eigenvalue weighted by molar-refractivity contribution is -0.112. The van der Waals surface area contributed by atoms with Crippen LogP contribution in [-0.2, 0) is 4.79 Å². The first-order valence-electron chi connectivity index (χ1n) is 5.35. The molecule has 4 nitrogen and oxygen atoms in total. The molecule has 0 aliphatic carbocycles. The minimum atomic E-state index is -0.569. The van der Waals surface area contributed by atoms with Crippen molar-refractivity contribution in [1.29, 1.82) is 0 Å². The quantitative estimate of drug-likeness (QED) is 0.622. The molecule has 1 aliphatic rings. The first kappa shape index (κ1) is 10.7. The Bertz CT molecular complexity index is 440. The van der Waals surface area contributed by atoms with Crippen molar-refractivity contribution >= 4 is 17.4 Å². The van der Waals surface area contributed by atoms with Gasteiger partial charge in [0.05, 0.1) is 17.9 Å². The second-order valence-electron chi connectivity index (χ2n) is 3.69. The zero-order valence-corrected chi connectivity index (χ0v) is 9.08. The summed E-state index contributed by atoms with van der Waals surface area (Å²) in [6.45, 7) is 2.71. The van der Waals surface area contributed by atoms with E-state index in [2.05, 4.69) is 12.2 Å². The summed E-state index contributed by atoms with van der Waals surface area (Å²) in [5.74, 6) is -0.423. The number of carbonyl (C=O) groups is 2. The molecule has 0 bridgehead atoms. The number of carbonyl (C=O) groups excluding carboxylic acids is 2. The van der Waals surface area contributed by atoms with Crippen molar-refractivity contribution in [2.24, 2.45) is 0 Å². The van der Waals surface area contributed by atoms with Crippen molar-refractivity contribution in [1.82, 2.24) is 0 Å². The summed E-state index contributed by atoms with van der Waals surface area (Å²) < 4.78 is 5.46. The Kier molecular flexibility index (Phi) is 2.90. The van der Waals surface area contributed by atoms with Crippen molar-refractivity contribution in [3.63, 3.8) is 0 Å². The number of ether oxygens (including phenoxy) is 1. The second kappa shape index (κ2) is 4.35. The maximum Gasteiger partial charge on any atom is 0.296 e. The molecule has 0 atom stereocenters. The Hall–Kier alpha value is -1.84. The zero-order valence-electron chi connectivity index (χ0n) is 9.08. The Labute approximate surface area is 93.6 Å². The summed E-state index contributed by atoms with van der Waals surface area (Å²) in [6.07, 6.45) is 2.03. The van der Waals surface area contributed by atoms with Crippen molar-refractivity contribution < 1.29 is 14.3 Å². The van der Waals surface area contributed by atoms with Gasteiger partial charge in [-0.3, -0.25) is 9.59 Å². The smallest absolute Gasteiger partial charge is 0.296 e. The molecule has 84 valence electrons. The highest BCUT2D eigenvalue weighted by molar-refractivity contribution is 6.51. The number of fused-ring (bicyclic) bond motifs is 1. The van der Waals surface area contributed by atoms with E-state index in [1.54, 1.807) is 18.2 Å². The third-order valence-electron chi connectivity index (χ3n) is 2.46. The van der Waals surface area contributed by atoms with Crippen molar-refractivity contribution in [2.45, 2.75) is 19.8 Å². The van der Waals surface area contributed by atoms with E-state index in [4.69, 9.17) is 4.74 Å². The molecular formula is C12H13NO3. The van der Waals surface area contributed by atoms with Crippen LogP contribution in [0.25, 0.3) is 0 Å². The van der Waals surface area contributed by atoms with Gasteiger partial charge in [-0.1, -0.05) is 13.3 Å². The van der Waals surface area contributed by atoms with Crippen LogP contribution in [0, 0.1) is 0 Å². The summed E-state index contributed by atoms with van der Waals surface area (Å²) >= 11 is 0. The maximum atomic E-state index is 11.4. The lowest BCUT2D eigenvalue weighted by Gasteiger charge is -2.06. The molecular weight excluding hydrogens is 206 g/mol. The van der Waals surface area contributed by atoms with Crippen LogP contribution in [0.2, 0.25) is 0 Å². The Balaban J connectivity index is 2.14. The van der Waals surface area contributed by atoms with Gasteiger partial charge in [0.15, 0.2) is 0 Å². The Morgan fingerprint density at radius 3 is 2.88 bits per heavy atom. The van der Waals surface area contributed by atoms with E-state index in [1.807, 2.05) is 0 Å².